The summed E-state index contributed by atoms with van der Waals surface area (Å²) in [7, 11) is 0. The zero-order chi connectivity index (χ0) is 11.2. The highest BCUT2D eigenvalue weighted by atomic mass is 79.9. The van der Waals surface area contributed by atoms with E-state index in [1.54, 1.807) is 0 Å². The highest BCUT2D eigenvalue weighted by Gasteiger charge is 2.39. The Morgan fingerprint density at radius 2 is 2.20 bits per heavy atom. The van der Waals surface area contributed by atoms with Gasteiger partial charge in [0.05, 0.1) is 4.47 Å². The molecule has 0 amide bonds. The fourth-order valence-corrected chi connectivity index (χ4v) is 2.17. The van der Waals surface area contributed by atoms with Crippen molar-refractivity contribution >= 4 is 21.7 Å². The van der Waals surface area contributed by atoms with Crippen LogP contribution in [0.1, 0.15) is 19.0 Å². The SMILES string of the molecule is CC1CCn2nc(C(F)(F)F)c(Br)c2N1. The van der Waals surface area contributed by atoms with Gasteiger partial charge in [-0.25, -0.2) is 4.68 Å². The number of hydrogen-bond acceptors (Lipinski definition) is 2. The fraction of sp³-hybridized carbons (Fsp3) is 0.625. The number of halogens is 4. The first kappa shape index (κ1) is 10.8. The summed E-state index contributed by atoms with van der Waals surface area (Å²) in [5.41, 5.74) is -0.862. The molecule has 0 saturated heterocycles. The molecular weight excluding hydrogens is 275 g/mol. The Bertz CT molecular complexity index is 385. The Kier molecular flexibility index (Phi) is 2.44. The van der Waals surface area contributed by atoms with Gasteiger partial charge in [-0.2, -0.15) is 18.3 Å². The Balaban J connectivity index is 2.46. The molecule has 1 aromatic rings. The molecule has 0 fully saturated rings. The molecule has 0 bridgehead atoms. The van der Waals surface area contributed by atoms with Crippen molar-refractivity contribution in [1.82, 2.24) is 9.78 Å². The molecule has 1 unspecified atom stereocenters. The Labute approximate surface area is 92.8 Å². The maximum absolute atomic E-state index is 12.5. The third kappa shape index (κ3) is 1.84. The minimum Gasteiger partial charge on any atom is -0.367 e. The van der Waals surface area contributed by atoms with E-state index in [2.05, 4.69) is 26.3 Å². The number of anilines is 1. The lowest BCUT2D eigenvalue weighted by atomic mass is 10.2. The maximum atomic E-state index is 12.5. The van der Waals surface area contributed by atoms with E-state index in [0.717, 1.165) is 6.42 Å². The van der Waals surface area contributed by atoms with Crippen molar-refractivity contribution in [2.45, 2.75) is 32.1 Å². The van der Waals surface area contributed by atoms with Gasteiger partial charge in [0, 0.05) is 12.6 Å². The monoisotopic (exact) mass is 283 g/mol. The number of nitrogens with one attached hydrogen (secondary N) is 1. The van der Waals surface area contributed by atoms with Gasteiger partial charge in [-0.1, -0.05) is 0 Å². The molecule has 1 aliphatic rings. The predicted molar refractivity (Wildman–Crippen MR) is 52.6 cm³/mol. The summed E-state index contributed by atoms with van der Waals surface area (Å²) >= 11 is 2.93. The summed E-state index contributed by atoms with van der Waals surface area (Å²) in [6, 6.07) is 0.173. The van der Waals surface area contributed by atoms with Crippen molar-refractivity contribution in [3.05, 3.63) is 10.2 Å². The van der Waals surface area contributed by atoms with Gasteiger partial charge in [-0.3, -0.25) is 0 Å². The van der Waals surface area contributed by atoms with Crippen LogP contribution in [0.5, 0.6) is 0 Å². The molecule has 0 spiro atoms. The van der Waals surface area contributed by atoms with E-state index in [4.69, 9.17) is 0 Å². The highest BCUT2D eigenvalue weighted by Crippen LogP contribution is 2.39. The molecule has 0 aliphatic carbocycles. The van der Waals surface area contributed by atoms with Crippen molar-refractivity contribution < 1.29 is 13.2 Å². The smallest absolute Gasteiger partial charge is 0.367 e. The second kappa shape index (κ2) is 3.40. The van der Waals surface area contributed by atoms with Crippen molar-refractivity contribution in [1.29, 1.82) is 0 Å². The average Bonchev–Trinajstić information content (AvgIpc) is 2.43. The Morgan fingerprint density at radius 3 is 2.80 bits per heavy atom. The van der Waals surface area contributed by atoms with Crippen LogP contribution in [0.15, 0.2) is 4.47 Å². The third-order valence-electron chi connectivity index (χ3n) is 2.32. The molecule has 1 aliphatic heterocycles. The molecule has 0 saturated carbocycles. The van der Waals surface area contributed by atoms with Crippen LogP contribution in [0.25, 0.3) is 0 Å². The molecule has 1 N–H and O–H groups in total. The van der Waals surface area contributed by atoms with E-state index in [1.807, 2.05) is 6.92 Å². The van der Waals surface area contributed by atoms with Gasteiger partial charge in [0.2, 0.25) is 0 Å². The van der Waals surface area contributed by atoms with Crippen molar-refractivity contribution in [2.24, 2.45) is 0 Å². The second-order valence-corrected chi connectivity index (χ2v) is 4.36. The maximum Gasteiger partial charge on any atom is 0.436 e. The summed E-state index contributed by atoms with van der Waals surface area (Å²) in [6.45, 7) is 2.44. The van der Waals surface area contributed by atoms with Crippen LogP contribution in [0.2, 0.25) is 0 Å². The number of aromatic nitrogens is 2. The van der Waals surface area contributed by atoms with Crippen molar-refractivity contribution in [3.63, 3.8) is 0 Å². The van der Waals surface area contributed by atoms with Crippen LogP contribution in [-0.4, -0.2) is 15.8 Å². The number of alkyl halides is 3. The first-order chi connectivity index (χ1) is 6.89. The van der Waals surface area contributed by atoms with Gasteiger partial charge < -0.3 is 5.32 Å². The van der Waals surface area contributed by atoms with E-state index in [9.17, 15) is 13.2 Å². The van der Waals surface area contributed by atoms with E-state index >= 15 is 0 Å². The lowest BCUT2D eigenvalue weighted by Crippen LogP contribution is -2.26. The number of nitrogens with zero attached hydrogens (tertiary/aromatic N) is 2. The van der Waals surface area contributed by atoms with E-state index in [1.165, 1.54) is 4.68 Å². The van der Waals surface area contributed by atoms with E-state index in [-0.39, 0.29) is 10.5 Å². The van der Waals surface area contributed by atoms with Crippen LogP contribution >= 0.6 is 15.9 Å². The van der Waals surface area contributed by atoms with Crippen molar-refractivity contribution in [3.8, 4) is 0 Å². The second-order valence-electron chi connectivity index (χ2n) is 3.57. The first-order valence-corrected chi connectivity index (χ1v) is 5.29. The summed E-state index contributed by atoms with van der Waals surface area (Å²) in [5.74, 6) is 0.418. The molecule has 7 heteroatoms. The highest BCUT2D eigenvalue weighted by molar-refractivity contribution is 9.10. The summed E-state index contributed by atoms with van der Waals surface area (Å²) in [6.07, 6.45) is -3.63. The zero-order valence-corrected chi connectivity index (χ0v) is 9.48. The number of fused-ring (bicyclic) bond motifs is 1. The molecule has 15 heavy (non-hydrogen) atoms. The molecule has 3 nitrogen and oxygen atoms in total. The lowest BCUT2D eigenvalue weighted by Gasteiger charge is -2.22. The Hall–Kier alpha value is -0.720. The van der Waals surface area contributed by atoms with Gasteiger partial charge in [0.1, 0.15) is 5.82 Å². The first-order valence-electron chi connectivity index (χ1n) is 4.49. The standard InChI is InChI=1S/C8H9BrF3N3/c1-4-2-3-15-7(13-4)5(9)6(14-15)8(10,11)12/h4,13H,2-3H2,1H3. The third-order valence-corrected chi connectivity index (χ3v) is 3.07. The number of hydrogen-bond donors (Lipinski definition) is 1. The van der Waals surface area contributed by atoms with Crippen LogP contribution in [0.3, 0.4) is 0 Å². The minimum atomic E-state index is -4.41. The molecule has 2 heterocycles. The van der Waals surface area contributed by atoms with Crippen molar-refractivity contribution in [2.75, 3.05) is 5.32 Å². The van der Waals surface area contributed by atoms with Crippen LogP contribution < -0.4 is 5.32 Å². The lowest BCUT2D eigenvalue weighted by molar-refractivity contribution is -0.142. The summed E-state index contributed by atoms with van der Waals surface area (Å²) < 4.78 is 38.9. The van der Waals surface area contributed by atoms with Gasteiger partial charge in [0.15, 0.2) is 5.69 Å². The van der Waals surface area contributed by atoms with Crippen LogP contribution in [-0.2, 0) is 12.7 Å². The average molecular weight is 284 g/mol. The molecule has 0 aromatic carbocycles. The molecule has 2 rings (SSSR count). The molecule has 84 valence electrons. The molecule has 1 aromatic heterocycles. The number of aryl methyl sites for hydroxylation is 1. The summed E-state index contributed by atoms with van der Waals surface area (Å²) in [5, 5.41) is 6.51. The minimum absolute atomic E-state index is 0.00144. The molecule has 1 atom stereocenters. The normalized spacial score (nSPS) is 21.0. The van der Waals surface area contributed by atoms with E-state index in [0.29, 0.717) is 12.4 Å². The van der Waals surface area contributed by atoms with Crippen LogP contribution in [0, 0.1) is 0 Å². The van der Waals surface area contributed by atoms with E-state index < -0.39 is 11.9 Å². The Morgan fingerprint density at radius 1 is 1.53 bits per heavy atom. The van der Waals surface area contributed by atoms with Crippen LogP contribution in [0.4, 0.5) is 19.0 Å². The molecular formula is C8H9BrF3N3. The fourth-order valence-electron chi connectivity index (χ4n) is 1.54. The predicted octanol–water partition coefficient (Wildman–Crippen LogP) is 2.87. The summed E-state index contributed by atoms with van der Waals surface area (Å²) in [4.78, 5) is 0. The van der Waals surface area contributed by atoms with Gasteiger partial charge >= 0.3 is 6.18 Å². The quantitative estimate of drug-likeness (QED) is 0.794. The molecule has 0 radical (unpaired) electrons. The van der Waals surface area contributed by atoms with Gasteiger partial charge in [-0.15, -0.1) is 0 Å². The van der Waals surface area contributed by atoms with Gasteiger partial charge in [-0.05, 0) is 29.3 Å². The topological polar surface area (TPSA) is 29.9 Å². The van der Waals surface area contributed by atoms with Gasteiger partial charge in [0.25, 0.3) is 0 Å². The number of rotatable bonds is 0. The largest absolute Gasteiger partial charge is 0.436 e. The zero-order valence-electron chi connectivity index (χ0n) is 7.90.